The van der Waals surface area contributed by atoms with Crippen molar-refractivity contribution in [2.45, 2.75) is 57.5 Å². The lowest BCUT2D eigenvalue weighted by Crippen LogP contribution is -2.38. The van der Waals surface area contributed by atoms with E-state index in [4.69, 9.17) is 36.5 Å². The van der Waals surface area contributed by atoms with E-state index in [0.29, 0.717) is 5.52 Å². The van der Waals surface area contributed by atoms with E-state index in [2.05, 4.69) is 20.0 Å². The number of H-pyrrole nitrogens is 1. The van der Waals surface area contributed by atoms with Crippen LogP contribution in [0.5, 0.6) is 5.75 Å². The molecule has 1 aromatic carbocycles. The molecule has 4 rings (SSSR count). The van der Waals surface area contributed by atoms with Gasteiger partial charge in [-0.1, -0.05) is 30.4 Å². The average molecular weight is 569 g/mol. The molecule has 0 spiro atoms. The summed E-state index contributed by atoms with van der Waals surface area (Å²) in [5.74, 6) is -0.416. The Morgan fingerprint density at radius 1 is 1.29 bits per heavy atom. The Balaban J connectivity index is 1.52. The van der Waals surface area contributed by atoms with Gasteiger partial charge < -0.3 is 34.9 Å². The lowest BCUT2D eigenvalue weighted by atomic mass is 10.1. The fraction of sp³-hybridized carbons (Fsp3) is 0.455. The van der Waals surface area contributed by atoms with Crippen molar-refractivity contribution in [3.05, 3.63) is 41.3 Å². The van der Waals surface area contributed by atoms with Gasteiger partial charge in [-0.3, -0.25) is 13.9 Å². The van der Waals surface area contributed by atoms with Crippen molar-refractivity contribution < 1.29 is 38.1 Å². The summed E-state index contributed by atoms with van der Waals surface area (Å²) in [6, 6.07) is 7.14. The Morgan fingerprint density at radius 3 is 2.68 bits per heavy atom. The SMILES string of the molecule is CC(C)OC(=O)[C@H](C)NP(=O)(OC[C@H]1OC(n2cnc3c(=S)[nH]c(N)nc32)C(O)C1O)Oc1ccccc1. The number of carbonyl (C=O) groups is 1. The highest BCUT2D eigenvalue weighted by molar-refractivity contribution is 7.71. The van der Waals surface area contributed by atoms with Crippen molar-refractivity contribution >= 4 is 43.0 Å². The first-order valence-electron chi connectivity index (χ1n) is 11.7. The van der Waals surface area contributed by atoms with Gasteiger partial charge in [-0.25, -0.2) is 9.55 Å². The van der Waals surface area contributed by atoms with Crippen molar-refractivity contribution in [3.63, 3.8) is 0 Å². The molecule has 0 radical (unpaired) electrons. The minimum atomic E-state index is -4.21. The Kier molecular flexibility index (Phi) is 8.47. The van der Waals surface area contributed by atoms with E-state index in [-0.39, 0.29) is 28.1 Å². The number of nitrogen functional groups attached to an aromatic ring is 1. The molecule has 16 heteroatoms. The van der Waals surface area contributed by atoms with Crippen LogP contribution in [0.1, 0.15) is 27.0 Å². The number of aromatic nitrogens is 4. The van der Waals surface area contributed by atoms with Crippen LogP contribution in [0.25, 0.3) is 11.2 Å². The standard InChI is InChI=1S/C22H29N6O8PS/c1-11(2)34-21(31)12(3)27-37(32,36-13-7-5-4-6-8-13)33-9-14-16(29)17(30)20(35-14)28-10-24-15-18(28)25-22(23)26-19(15)38/h4-8,10-12,14,16-17,20,29-30H,9H2,1-3H3,(H,27,32)(H3,23,25,26,38)/t12-,14+,16?,17?,20?,37?/m0/s1. The topological polar surface area (TPSA) is 196 Å². The molecule has 206 valence electrons. The van der Waals surface area contributed by atoms with Gasteiger partial charge in [0.05, 0.1) is 19.0 Å². The molecule has 0 saturated carbocycles. The van der Waals surface area contributed by atoms with Crippen LogP contribution in [0.3, 0.4) is 0 Å². The third-order valence-corrected chi connectivity index (χ3v) is 7.44. The number of para-hydroxylation sites is 1. The van der Waals surface area contributed by atoms with Gasteiger partial charge in [-0.15, -0.1) is 0 Å². The summed E-state index contributed by atoms with van der Waals surface area (Å²) in [5.41, 5.74) is 6.32. The predicted molar refractivity (Wildman–Crippen MR) is 138 cm³/mol. The van der Waals surface area contributed by atoms with Crippen LogP contribution in [-0.4, -0.2) is 72.8 Å². The van der Waals surface area contributed by atoms with Gasteiger partial charge in [0.15, 0.2) is 11.9 Å². The highest BCUT2D eigenvalue weighted by Crippen LogP contribution is 2.46. The van der Waals surface area contributed by atoms with Gasteiger partial charge in [-0.05, 0) is 32.9 Å². The number of aliphatic hydroxyl groups excluding tert-OH is 2. The summed E-state index contributed by atoms with van der Waals surface area (Å²) in [6.07, 6.45) is -4.19. The molecule has 3 aromatic rings. The molecule has 4 unspecified atom stereocenters. The number of rotatable bonds is 10. The molecular weight excluding hydrogens is 539 g/mol. The number of nitrogens with zero attached hydrogens (tertiary/aromatic N) is 3. The molecule has 1 aliphatic heterocycles. The number of benzene rings is 1. The molecule has 1 aliphatic rings. The maximum atomic E-state index is 13.7. The number of hydrogen-bond donors (Lipinski definition) is 5. The van der Waals surface area contributed by atoms with Crippen LogP contribution in [0, 0.1) is 4.64 Å². The molecule has 6 atom stereocenters. The number of esters is 1. The molecule has 0 aliphatic carbocycles. The normalized spacial score (nSPS) is 23.8. The van der Waals surface area contributed by atoms with Crippen molar-refractivity contribution in [3.8, 4) is 5.75 Å². The Bertz CT molecular complexity index is 1390. The average Bonchev–Trinajstić information content (AvgIpc) is 3.39. The van der Waals surface area contributed by atoms with Crippen LogP contribution >= 0.6 is 20.0 Å². The van der Waals surface area contributed by atoms with Crippen molar-refractivity contribution in [2.24, 2.45) is 0 Å². The van der Waals surface area contributed by atoms with E-state index in [9.17, 15) is 19.6 Å². The lowest BCUT2D eigenvalue weighted by Gasteiger charge is -2.25. The fourth-order valence-corrected chi connectivity index (χ4v) is 5.48. The third kappa shape index (κ3) is 6.21. The van der Waals surface area contributed by atoms with Crippen LogP contribution in [0.2, 0.25) is 0 Å². The quantitative estimate of drug-likeness (QED) is 0.135. The van der Waals surface area contributed by atoms with Gasteiger partial charge in [0, 0.05) is 0 Å². The highest BCUT2D eigenvalue weighted by Gasteiger charge is 2.46. The Labute approximate surface area is 222 Å². The van der Waals surface area contributed by atoms with Crippen LogP contribution in [0.4, 0.5) is 5.95 Å². The van der Waals surface area contributed by atoms with Gasteiger partial charge >= 0.3 is 13.7 Å². The van der Waals surface area contributed by atoms with Crippen LogP contribution in [-0.2, 0) is 23.4 Å². The van der Waals surface area contributed by atoms with E-state index < -0.39 is 50.9 Å². The summed E-state index contributed by atoms with van der Waals surface area (Å²) in [5, 5.41) is 23.9. The summed E-state index contributed by atoms with van der Waals surface area (Å²) < 4.78 is 37.5. The summed E-state index contributed by atoms with van der Waals surface area (Å²) in [4.78, 5) is 23.3. The molecule has 2 aromatic heterocycles. The highest BCUT2D eigenvalue weighted by atomic mass is 32.1. The second kappa shape index (κ2) is 11.5. The number of ether oxygens (including phenoxy) is 2. The van der Waals surface area contributed by atoms with E-state index in [1.54, 1.807) is 44.2 Å². The van der Waals surface area contributed by atoms with Gasteiger partial charge in [0.25, 0.3) is 0 Å². The smallest absolute Gasteiger partial charge is 0.459 e. The fourth-order valence-electron chi connectivity index (χ4n) is 3.73. The maximum Gasteiger partial charge on any atom is 0.459 e. The number of carbonyl (C=O) groups excluding carboxylic acids is 1. The number of nitrogens with one attached hydrogen (secondary N) is 2. The monoisotopic (exact) mass is 568 g/mol. The molecule has 38 heavy (non-hydrogen) atoms. The van der Waals surface area contributed by atoms with E-state index in [1.165, 1.54) is 17.8 Å². The number of anilines is 1. The van der Waals surface area contributed by atoms with Crippen molar-refractivity contribution in [1.82, 2.24) is 24.6 Å². The first-order valence-corrected chi connectivity index (χ1v) is 13.6. The number of fused-ring (bicyclic) bond motifs is 1. The van der Waals surface area contributed by atoms with E-state index in [0.717, 1.165) is 0 Å². The molecule has 0 amide bonds. The molecule has 14 nitrogen and oxygen atoms in total. The summed E-state index contributed by atoms with van der Waals surface area (Å²) >= 11 is 5.21. The van der Waals surface area contributed by atoms with Crippen LogP contribution in [0.15, 0.2) is 36.7 Å². The zero-order chi connectivity index (χ0) is 27.6. The Morgan fingerprint density at radius 2 is 2.00 bits per heavy atom. The molecule has 3 heterocycles. The number of hydrogen-bond acceptors (Lipinski definition) is 12. The second-order valence-electron chi connectivity index (χ2n) is 8.86. The largest absolute Gasteiger partial charge is 0.462 e. The zero-order valence-electron chi connectivity index (χ0n) is 20.8. The van der Waals surface area contributed by atoms with E-state index >= 15 is 0 Å². The van der Waals surface area contributed by atoms with Crippen molar-refractivity contribution in [2.75, 3.05) is 12.3 Å². The van der Waals surface area contributed by atoms with E-state index in [1.807, 2.05) is 0 Å². The number of aromatic amines is 1. The summed E-state index contributed by atoms with van der Waals surface area (Å²) in [7, 11) is -4.21. The molecule has 0 bridgehead atoms. The minimum absolute atomic E-state index is 0.0346. The second-order valence-corrected chi connectivity index (χ2v) is 11.0. The first kappa shape index (κ1) is 28.1. The number of imidazole rings is 1. The van der Waals surface area contributed by atoms with Gasteiger partial charge in [0.2, 0.25) is 5.95 Å². The van der Waals surface area contributed by atoms with Gasteiger partial charge in [-0.2, -0.15) is 10.1 Å². The Hall–Kier alpha value is -2.91. The minimum Gasteiger partial charge on any atom is -0.462 e. The molecular formula is C22H29N6O8PS. The molecule has 1 saturated heterocycles. The molecule has 1 fully saturated rings. The lowest BCUT2D eigenvalue weighted by molar-refractivity contribution is -0.149. The maximum absolute atomic E-state index is 13.7. The molecule has 6 N–H and O–H groups in total. The number of aliphatic hydroxyl groups is 2. The van der Waals surface area contributed by atoms with Crippen molar-refractivity contribution in [1.29, 1.82) is 0 Å². The predicted octanol–water partition coefficient (Wildman–Crippen LogP) is 1.82. The number of nitrogens with two attached hydrogens (primary N) is 1. The first-order chi connectivity index (χ1) is 18.0. The van der Waals surface area contributed by atoms with Gasteiger partial charge in [0.1, 0.15) is 40.3 Å². The zero-order valence-corrected chi connectivity index (χ0v) is 22.5. The van der Waals surface area contributed by atoms with Crippen LogP contribution < -0.4 is 15.3 Å². The summed E-state index contributed by atoms with van der Waals surface area (Å²) in [6.45, 7) is 4.34. The third-order valence-electron chi connectivity index (χ3n) is 5.50.